The summed E-state index contributed by atoms with van der Waals surface area (Å²) in [6, 6.07) is 3.72. The van der Waals surface area contributed by atoms with Gasteiger partial charge in [-0.1, -0.05) is 0 Å². The Balaban J connectivity index is 1.44. The Morgan fingerprint density at radius 3 is 2.48 bits per heavy atom. The summed E-state index contributed by atoms with van der Waals surface area (Å²) in [5.41, 5.74) is 6.36. The highest BCUT2D eigenvalue weighted by Gasteiger charge is 2.39. The minimum Gasteiger partial charge on any atom is -0.444 e. The van der Waals surface area contributed by atoms with E-state index in [0.717, 1.165) is 0 Å². The number of rotatable bonds is 15. The number of fused-ring (bicyclic) bond motifs is 1. The fourth-order valence-corrected chi connectivity index (χ4v) is 4.40. The van der Waals surface area contributed by atoms with Crippen LogP contribution < -0.4 is 21.7 Å². The molecular weight excluding hydrogens is 550 g/mol. The minimum absolute atomic E-state index is 0.0470. The van der Waals surface area contributed by atoms with E-state index in [0.29, 0.717) is 43.2 Å². The molecule has 14 nitrogen and oxygen atoms in total. The van der Waals surface area contributed by atoms with Gasteiger partial charge in [0.15, 0.2) is 0 Å². The SMILES string of the molecule is CC(C)(C)OC(=O)NC(COCCOCCN)COCCC(=O)Nc1ccc2c(c1)CN(C1CCC(=O)NC1=O)C2=O. The molecule has 2 heterocycles. The summed E-state index contributed by atoms with van der Waals surface area (Å²) < 4.78 is 21.8. The van der Waals surface area contributed by atoms with Gasteiger partial charge in [-0.3, -0.25) is 24.5 Å². The van der Waals surface area contributed by atoms with Gasteiger partial charge in [-0.25, -0.2) is 4.79 Å². The van der Waals surface area contributed by atoms with Crippen LogP contribution in [0.2, 0.25) is 0 Å². The van der Waals surface area contributed by atoms with Crippen molar-refractivity contribution in [3.05, 3.63) is 29.3 Å². The normalized spacial score (nSPS) is 17.5. The second-order valence-electron chi connectivity index (χ2n) is 11.0. The van der Waals surface area contributed by atoms with Gasteiger partial charge in [0.25, 0.3) is 5.91 Å². The molecule has 0 aromatic heterocycles. The molecule has 2 unspecified atom stereocenters. The van der Waals surface area contributed by atoms with Crippen molar-refractivity contribution >= 4 is 35.4 Å². The van der Waals surface area contributed by atoms with E-state index in [1.54, 1.807) is 39.0 Å². The molecule has 14 heteroatoms. The summed E-state index contributed by atoms with van der Waals surface area (Å²) >= 11 is 0. The molecule has 3 rings (SSSR count). The van der Waals surface area contributed by atoms with E-state index >= 15 is 0 Å². The number of amides is 5. The zero-order chi connectivity index (χ0) is 30.7. The number of anilines is 1. The summed E-state index contributed by atoms with van der Waals surface area (Å²) in [5, 5.41) is 7.78. The number of carbonyl (C=O) groups excluding carboxylic acids is 5. The van der Waals surface area contributed by atoms with Crippen molar-refractivity contribution in [2.45, 2.75) is 64.3 Å². The Morgan fingerprint density at radius 1 is 1.07 bits per heavy atom. The van der Waals surface area contributed by atoms with Crippen molar-refractivity contribution in [3.8, 4) is 0 Å². The lowest BCUT2D eigenvalue weighted by molar-refractivity contribution is -0.137. The first-order valence-electron chi connectivity index (χ1n) is 14.0. The van der Waals surface area contributed by atoms with E-state index in [9.17, 15) is 24.0 Å². The molecule has 1 saturated heterocycles. The average Bonchev–Trinajstić information content (AvgIpc) is 3.22. The van der Waals surface area contributed by atoms with Crippen molar-refractivity contribution < 1.29 is 42.9 Å². The number of carbonyl (C=O) groups is 5. The molecule has 42 heavy (non-hydrogen) atoms. The second kappa shape index (κ2) is 15.6. The van der Waals surface area contributed by atoms with Crippen LogP contribution in [0.1, 0.15) is 56.0 Å². The molecule has 0 spiro atoms. The quantitative estimate of drug-likeness (QED) is 0.167. The smallest absolute Gasteiger partial charge is 0.408 e. The first kappa shape index (κ1) is 32.9. The van der Waals surface area contributed by atoms with Crippen LogP contribution in [0, 0.1) is 0 Å². The lowest BCUT2D eigenvalue weighted by Gasteiger charge is -2.29. The number of benzene rings is 1. The molecule has 1 aromatic carbocycles. The van der Waals surface area contributed by atoms with Gasteiger partial charge in [0.2, 0.25) is 17.7 Å². The summed E-state index contributed by atoms with van der Waals surface area (Å²) in [6.07, 6.45) is -0.110. The second-order valence-corrected chi connectivity index (χ2v) is 11.0. The van der Waals surface area contributed by atoms with Gasteiger partial charge in [0.05, 0.1) is 52.1 Å². The Kier molecular flexibility index (Phi) is 12.2. The monoisotopic (exact) mass is 591 g/mol. The Bertz CT molecular complexity index is 1140. The van der Waals surface area contributed by atoms with Crippen LogP contribution in [0.15, 0.2) is 18.2 Å². The summed E-state index contributed by atoms with van der Waals surface area (Å²) in [6.45, 7) is 7.34. The third kappa shape index (κ3) is 10.4. The average molecular weight is 592 g/mol. The first-order chi connectivity index (χ1) is 20.0. The van der Waals surface area contributed by atoms with Gasteiger partial charge in [0, 0.05) is 30.8 Å². The van der Waals surface area contributed by atoms with Crippen molar-refractivity contribution in [2.75, 3.05) is 51.5 Å². The van der Waals surface area contributed by atoms with Crippen LogP contribution >= 0.6 is 0 Å². The number of piperidine rings is 1. The van der Waals surface area contributed by atoms with E-state index in [-0.39, 0.29) is 63.3 Å². The van der Waals surface area contributed by atoms with Crippen LogP contribution in [0.25, 0.3) is 0 Å². The number of hydrogen-bond donors (Lipinski definition) is 4. The topological polar surface area (TPSA) is 188 Å². The van der Waals surface area contributed by atoms with E-state index < -0.39 is 29.7 Å². The van der Waals surface area contributed by atoms with Crippen LogP contribution in [0.3, 0.4) is 0 Å². The molecule has 1 fully saturated rings. The molecule has 1 aromatic rings. The Labute approximate surface area is 244 Å². The highest BCUT2D eigenvalue weighted by atomic mass is 16.6. The largest absolute Gasteiger partial charge is 0.444 e. The lowest BCUT2D eigenvalue weighted by atomic mass is 10.0. The lowest BCUT2D eigenvalue weighted by Crippen LogP contribution is -2.52. The first-order valence-corrected chi connectivity index (χ1v) is 14.0. The number of hydrogen-bond acceptors (Lipinski definition) is 10. The van der Waals surface area contributed by atoms with Gasteiger partial charge < -0.3 is 40.2 Å². The maximum atomic E-state index is 12.8. The Morgan fingerprint density at radius 2 is 1.79 bits per heavy atom. The molecule has 2 aliphatic rings. The van der Waals surface area contributed by atoms with Gasteiger partial charge in [-0.15, -0.1) is 0 Å². The predicted molar refractivity (Wildman–Crippen MR) is 150 cm³/mol. The molecule has 0 bridgehead atoms. The molecular formula is C28H41N5O9. The third-order valence-electron chi connectivity index (χ3n) is 6.27. The maximum Gasteiger partial charge on any atom is 0.408 e. The number of imide groups is 1. The Hall–Kier alpha value is -3.59. The zero-order valence-electron chi connectivity index (χ0n) is 24.4. The van der Waals surface area contributed by atoms with Crippen molar-refractivity contribution in [1.29, 1.82) is 0 Å². The van der Waals surface area contributed by atoms with Gasteiger partial charge in [0.1, 0.15) is 11.6 Å². The number of nitrogens with one attached hydrogen (secondary N) is 3. The zero-order valence-corrected chi connectivity index (χ0v) is 24.4. The number of nitrogens with zero attached hydrogens (tertiary/aromatic N) is 1. The predicted octanol–water partition coefficient (Wildman–Crippen LogP) is 0.678. The highest BCUT2D eigenvalue weighted by molar-refractivity contribution is 6.05. The van der Waals surface area contributed by atoms with Gasteiger partial charge in [-0.2, -0.15) is 0 Å². The molecule has 0 saturated carbocycles. The molecule has 2 aliphatic heterocycles. The van der Waals surface area contributed by atoms with Crippen molar-refractivity contribution in [3.63, 3.8) is 0 Å². The maximum absolute atomic E-state index is 12.8. The van der Waals surface area contributed by atoms with Crippen molar-refractivity contribution in [1.82, 2.24) is 15.5 Å². The fraction of sp³-hybridized carbons (Fsp3) is 0.607. The van der Waals surface area contributed by atoms with Crippen molar-refractivity contribution in [2.24, 2.45) is 5.73 Å². The summed E-state index contributed by atoms with van der Waals surface area (Å²) in [7, 11) is 0. The fourth-order valence-electron chi connectivity index (χ4n) is 4.40. The molecule has 232 valence electrons. The third-order valence-corrected chi connectivity index (χ3v) is 6.27. The van der Waals surface area contributed by atoms with Crippen LogP contribution in [-0.2, 0) is 39.9 Å². The minimum atomic E-state index is -0.707. The van der Waals surface area contributed by atoms with E-state index in [1.807, 2.05) is 0 Å². The standard InChI is InChI=1S/C28H41N5O9/c1-28(2,3)42-27(38)31-20(17-41-13-12-39-11-9-29)16-40-10-8-24(35)30-19-4-5-21-18(14-19)15-33(26(21)37)22-6-7-23(34)32-25(22)36/h4-5,14,20,22H,6-13,15-17,29H2,1-3H3,(H,30,35)(H,31,38)(H,32,34,36). The van der Waals surface area contributed by atoms with Gasteiger partial charge >= 0.3 is 6.09 Å². The van der Waals surface area contributed by atoms with Gasteiger partial charge in [-0.05, 0) is 51.0 Å². The number of alkyl carbamates (subject to hydrolysis) is 1. The highest BCUT2D eigenvalue weighted by Crippen LogP contribution is 2.29. The summed E-state index contributed by atoms with van der Waals surface area (Å²) in [5.74, 6) is -1.41. The van der Waals surface area contributed by atoms with E-state index in [2.05, 4.69) is 16.0 Å². The van der Waals surface area contributed by atoms with E-state index in [1.165, 1.54) is 4.90 Å². The molecule has 0 radical (unpaired) electrons. The van der Waals surface area contributed by atoms with Crippen LogP contribution in [0.4, 0.5) is 10.5 Å². The van der Waals surface area contributed by atoms with Crippen LogP contribution in [0.5, 0.6) is 0 Å². The molecule has 0 aliphatic carbocycles. The molecule has 2 atom stereocenters. The number of nitrogens with two attached hydrogens (primary N) is 1. The number of ether oxygens (including phenoxy) is 4. The molecule has 5 amide bonds. The summed E-state index contributed by atoms with van der Waals surface area (Å²) in [4.78, 5) is 62.8. The molecule has 5 N–H and O–H groups in total. The van der Waals surface area contributed by atoms with E-state index in [4.69, 9.17) is 24.7 Å². The van der Waals surface area contributed by atoms with Crippen LogP contribution in [-0.4, -0.2) is 98.5 Å².